The maximum absolute atomic E-state index is 10.1. The smallest absolute Gasteiger partial charge is 0.328 e. The van der Waals surface area contributed by atoms with Crippen LogP contribution in [0.1, 0.15) is 19.8 Å². The predicted octanol–water partition coefficient (Wildman–Crippen LogP) is 1.02. The van der Waals surface area contributed by atoms with E-state index in [0.29, 0.717) is 12.0 Å². The third kappa shape index (κ3) is 3.53. The number of nitrogens with one attached hydrogen (secondary N) is 1. The fourth-order valence-corrected chi connectivity index (χ4v) is 1.01. The van der Waals surface area contributed by atoms with Crippen molar-refractivity contribution in [2.45, 2.75) is 19.8 Å². The zero-order valence-electron chi connectivity index (χ0n) is 7.34. The molecule has 0 saturated heterocycles. The monoisotopic (exact) mass is 169 g/mol. The lowest BCUT2D eigenvalue weighted by atomic mass is 10.1. The van der Waals surface area contributed by atoms with Gasteiger partial charge in [-0.1, -0.05) is 13.0 Å². The number of aliphatic carboxylic acids is 1. The van der Waals surface area contributed by atoms with E-state index in [2.05, 4.69) is 12.2 Å². The largest absolute Gasteiger partial charge is 0.478 e. The minimum atomic E-state index is -0.880. The molecule has 0 aromatic carbocycles. The summed E-state index contributed by atoms with van der Waals surface area (Å²) >= 11 is 0. The molecule has 0 unspecified atom stereocenters. The first kappa shape index (κ1) is 9.26. The predicted molar refractivity (Wildman–Crippen MR) is 47.0 cm³/mol. The van der Waals surface area contributed by atoms with E-state index in [0.717, 1.165) is 6.54 Å². The van der Waals surface area contributed by atoms with Crippen LogP contribution >= 0.6 is 0 Å². The third-order valence-corrected chi connectivity index (χ3v) is 2.18. The summed E-state index contributed by atoms with van der Waals surface area (Å²) in [6, 6.07) is 0. The van der Waals surface area contributed by atoms with Crippen LogP contribution in [0, 0.1) is 5.41 Å². The second kappa shape index (κ2) is 3.72. The summed E-state index contributed by atoms with van der Waals surface area (Å²) in [6.45, 7) is 3.89. The van der Waals surface area contributed by atoms with Crippen molar-refractivity contribution >= 4 is 5.97 Å². The van der Waals surface area contributed by atoms with Gasteiger partial charge >= 0.3 is 5.97 Å². The Hall–Kier alpha value is -0.830. The molecule has 1 aliphatic rings. The number of rotatable bonds is 5. The van der Waals surface area contributed by atoms with E-state index in [1.165, 1.54) is 18.9 Å². The fraction of sp³-hybridized carbons (Fsp3) is 0.667. The van der Waals surface area contributed by atoms with Crippen LogP contribution in [0.3, 0.4) is 0 Å². The number of carbonyl (C=O) groups is 1. The molecule has 2 N–H and O–H groups in total. The van der Waals surface area contributed by atoms with Crippen LogP contribution in [0.2, 0.25) is 0 Å². The van der Waals surface area contributed by atoms with E-state index in [4.69, 9.17) is 5.11 Å². The summed E-state index contributed by atoms with van der Waals surface area (Å²) in [7, 11) is 0. The van der Waals surface area contributed by atoms with E-state index < -0.39 is 5.97 Å². The van der Waals surface area contributed by atoms with Crippen LogP contribution in [0.15, 0.2) is 12.2 Å². The second-order valence-corrected chi connectivity index (χ2v) is 3.68. The molecule has 0 spiro atoms. The van der Waals surface area contributed by atoms with Crippen LogP contribution in [0.4, 0.5) is 0 Å². The minimum Gasteiger partial charge on any atom is -0.478 e. The van der Waals surface area contributed by atoms with Gasteiger partial charge < -0.3 is 10.4 Å². The van der Waals surface area contributed by atoms with E-state index in [-0.39, 0.29) is 0 Å². The Morgan fingerprint density at radius 3 is 2.83 bits per heavy atom. The number of carboxylic acid groups (broad SMARTS) is 1. The first-order valence-corrected chi connectivity index (χ1v) is 4.23. The van der Waals surface area contributed by atoms with Crippen molar-refractivity contribution in [1.82, 2.24) is 5.32 Å². The normalized spacial score (nSPS) is 19.8. The highest BCUT2D eigenvalue weighted by molar-refractivity contribution is 5.79. The van der Waals surface area contributed by atoms with Gasteiger partial charge in [0, 0.05) is 19.2 Å². The Labute approximate surface area is 72.5 Å². The average Bonchev–Trinajstić information content (AvgIpc) is 2.67. The van der Waals surface area contributed by atoms with Crippen molar-refractivity contribution < 1.29 is 9.90 Å². The molecule has 1 aliphatic carbocycles. The van der Waals surface area contributed by atoms with Crippen molar-refractivity contribution in [1.29, 1.82) is 0 Å². The van der Waals surface area contributed by atoms with E-state index in [1.807, 2.05) is 0 Å². The summed E-state index contributed by atoms with van der Waals surface area (Å²) in [5.41, 5.74) is 0.497. The molecule has 1 saturated carbocycles. The van der Waals surface area contributed by atoms with Crippen LogP contribution in [-0.4, -0.2) is 24.2 Å². The van der Waals surface area contributed by atoms with E-state index in [1.54, 1.807) is 6.08 Å². The zero-order valence-corrected chi connectivity index (χ0v) is 7.34. The molecule has 0 aromatic heterocycles. The van der Waals surface area contributed by atoms with Crippen molar-refractivity contribution in [2.24, 2.45) is 5.41 Å². The molecule has 0 bridgehead atoms. The molecular weight excluding hydrogens is 154 g/mol. The quantitative estimate of drug-likeness (QED) is 0.477. The minimum absolute atomic E-state index is 0.497. The topological polar surface area (TPSA) is 49.3 Å². The second-order valence-electron chi connectivity index (χ2n) is 3.68. The maximum atomic E-state index is 10.1. The summed E-state index contributed by atoms with van der Waals surface area (Å²) in [6.07, 6.45) is 5.39. The number of hydrogen-bond acceptors (Lipinski definition) is 2. The lowest BCUT2D eigenvalue weighted by molar-refractivity contribution is -0.131. The molecule has 3 heteroatoms. The summed E-state index contributed by atoms with van der Waals surface area (Å²) in [5.74, 6) is -0.880. The van der Waals surface area contributed by atoms with Gasteiger partial charge in [-0.25, -0.2) is 4.79 Å². The fourth-order valence-electron chi connectivity index (χ4n) is 1.01. The highest BCUT2D eigenvalue weighted by Crippen LogP contribution is 2.43. The van der Waals surface area contributed by atoms with Gasteiger partial charge in [0.1, 0.15) is 0 Å². The lowest BCUT2D eigenvalue weighted by Crippen LogP contribution is -2.21. The first-order valence-electron chi connectivity index (χ1n) is 4.23. The molecule has 1 rings (SSSR count). The lowest BCUT2D eigenvalue weighted by Gasteiger charge is -2.06. The maximum Gasteiger partial charge on any atom is 0.328 e. The molecule has 3 nitrogen and oxygen atoms in total. The molecule has 1 fully saturated rings. The summed E-state index contributed by atoms with van der Waals surface area (Å²) in [4.78, 5) is 10.1. The molecule has 0 aromatic rings. The van der Waals surface area contributed by atoms with Crippen molar-refractivity contribution in [2.75, 3.05) is 13.1 Å². The van der Waals surface area contributed by atoms with E-state index >= 15 is 0 Å². The van der Waals surface area contributed by atoms with Gasteiger partial charge in [-0.3, -0.25) is 0 Å². The molecule has 0 aliphatic heterocycles. The SMILES string of the molecule is CC1(CNC/C=C/C(=O)O)CC1. The van der Waals surface area contributed by atoms with Crippen LogP contribution < -0.4 is 5.32 Å². The first-order chi connectivity index (χ1) is 5.62. The van der Waals surface area contributed by atoms with Crippen molar-refractivity contribution in [3.05, 3.63) is 12.2 Å². The number of carboxylic acids is 1. The average molecular weight is 169 g/mol. The van der Waals surface area contributed by atoms with Gasteiger partial charge in [0.15, 0.2) is 0 Å². The van der Waals surface area contributed by atoms with Gasteiger partial charge in [-0.2, -0.15) is 0 Å². The van der Waals surface area contributed by atoms with Gasteiger partial charge in [0.05, 0.1) is 0 Å². The van der Waals surface area contributed by atoms with Gasteiger partial charge in [-0.15, -0.1) is 0 Å². The van der Waals surface area contributed by atoms with Crippen LogP contribution in [0.5, 0.6) is 0 Å². The molecule has 68 valence electrons. The van der Waals surface area contributed by atoms with Crippen molar-refractivity contribution in [3.8, 4) is 0 Å². The molecular formula is C9H15NO2. The Balaban J connectivity index is 1.99. The van der Waals surface area contributed by atoms with Crippen LogP contribution in [0.25, 0.3) is 0 Å². The summed E-state index contributed by atoms with van der Waals surface area (Å²) in [5, 5.41) is 11.5. The molecule has 0 amide bonds. The molecule has 0 heterocycles. The Morgan fingerprint density at radius 2 is 2.33 bits per heavy atom. The van der Waals surface area contributed by atoms with Gasteiger partial charge in [0.25, 0.3) is 0 Å². The van der Waals surface area contributed by atoms with Gasteiger partial charge in [0.2, 0.25) is 0 Å². The molecule has 0 atom stereocenters. The van der Waals surface area contributed by atoms with Crippen molar-refractivity contribution in [3.63, 3.8) is 0 Å². The van der Waals surface area contributed by atoms with Crippen LogP contribution in [-0.2, 0) is 4.79 Å². The van der Waals surface area contributed by atoms with Gasteiger partial charge in [-0.05, 0) is 18.3 Å². The Kier molecular flexibility index (Phi) is 2.87. The Morgan fingerprint density at radius 1 is 1.67 bits per heavy atom. The highest BCUT2D eigenvalue weighted by Gasteiger charge is 2.36. The molecule has 0 radical (unpaired) electrons. The standard InChI is InChI=1S/C9H15NO2/c1-9(4-5-9)7-10-6-2-3-8(11)12/h2-3,10H,4-7H2,1H3,(H,11,12)/b3-2+. The third-order valence-electron chi connectivity index (χ3n) is 2.18. The zero-order chi connectivity index (χ0) is 9.03. The Bertz CT molecular complexity index is 195. The highest BCUT2D eigenvalue weighted by atomic mass is 16.4. The summed E-state index contributed by atoms with van der Waals surface area (Å²) < 4.78 is 0. The number of hydrogen-bond donors (Lipinski definition) is 2. The van der Waals surface area contributed by atoms with E-state index in [9.17, 15) is 4.79 Å². The molecule has 12 heavy (non-hydrogen) atoms.